The summed E-state index contributed by atoms with van der Waals surface area (Å²) in [6, 6.07) is 17.7. The Kier molecular flexibility index (Phi) is 5.40. The summed E-state index contributed by atoms with van der Waals surface area (Å²) in [4.78, 5) is 27.5. The van der Waals surface area contributed by atoms with Gasteiger partial charge in [-0.05, 0) is 60.7 Å². The number of anilines is 4. The highest BCUT2D eigenvalue weighted by Crippen LogP contribution is 2.47. The minimum absolute atomic E-state index is 0.194. The molecule has 36 heavy (non-hydrogen) atoms. The summed E-state index contributed by atoms with van der Waals surface area (Å²) in [6.45, 7) is 0.838. The van der Waals surface area contributed by atoms with E-state index in [2.05, 4.69) is 20.4 Å². The smallest absolute Gasteiger partial charge is 0.227 e. The first-order valence-electron chi connectivity index (χ1n) is 12.3. The third-order valence-electron chi connectivity index (χ3n) is 7.30. The number of aromatic nitrogens is 5. The second-order valence-electron chi connectivity index (χ2n) is 9.80. The van der Waals surface area contributed by atoms with Crippen molar-refractivity contribution in [2.75, 3.05) is 22.5 Å². The van der Waals surface area contributed by atoms with Crippen molar-refractivity contribution in [3.05, 3.63) is 60.8 Å². The normalized spacial score (nSPS) is 16.7. The number of nitrogens with two attached hydrogens (primary N) is 1. The van der Waals surface area contributed by atoms with Crippen LogP contribution in [0, 0.1) is 5.41 Å². The molecule has 1 saturated carbocycles. The van der Waals surface area contributed by atoms with E-state index in [1.54, 1.807) is 10.9 Å². The Morgan fingerprint density at radius 2 is 1.67 bits per heavy atom. The van der Waals surface area contributed by atoms with Crippen molar-refractivity contribution in [3.63, 3.8) is 0 Å². The topological polar surface area (TPSA) is 115 Å². The van der Waals surface area contributed by atoms with Crippen LogP contribution < -0.4 is 16.0 Å². The van der Waals surface area contributed by atoms with Gasteiger partial charge >= 0.3 is 0 Å². The summed E-state index contributed by atoms with van der Waals surface area (Å²) in [7, 11) is 1.86. The Bertz CT molecular complexity index is 1400. The lowest BCUT2D eigenvalue weighted by Crippen LogP contribution is -2.26. The van der Waals surface area contributed by atoms with Crippen LogP contribution >= 0.6 is 0 Å². The SMILES string of the molecule is Cn1nc(-c2ccc(N3CC4(CCCC4)CC3=O)cc2)nc1Nc1ccc(-c2ccnc(N)n2)cc1. The molecule has 9 nitrogen and oxygen atoms in total. The first-order chi connectivity index (χ1) is 17.5. The number of nitrogen functional groups attached to an aromatic ring is 1. The third-order valence-corrected chi connectivity index (χ3v) is 7.30. The Balaban J connectivity index is 1.16. The van der Waals surface area contributed by atoms with Gasteiger partial charge in [-0.2, -0.15) is 4.98 Å². The number of nitrogens with one attached hydrogen (secondary N) is 1. The lowest BCUT2D eigenvalue weighted by atomic mass is 9.85. The molecule has 1 aliphatic heterocycles. The van der Waals surface area contributed by atoms with Crippen molar-refractivity contribution in [1.82, 2.24) is 24.7 Å². The van der Waals surface area contributed by atoms with Crippen LogP contribution in [0.1, 0.15) is 32.1 Å². The fourth-order valence-corrected chi connectivity index (χ4v) is 5.38. The van der Waals surface area contributed by atoms with Gasteiger partial charge in [0, 0.05) is 48.7 Å². The molecule has 2 aromatic heterocycles. The molecule has 0 atom stereocenters. The zero-order valence-corrected chi connectivity index (χ0v) is 20.2. The monoisotopic (exact) mass is 480 g/mol. The van der Waals surface area contributed by atoms with E-state index in [4.69, 9.17) is 10.7 Å². The largest absolute Gasteiger partial charge is 0.368 e. The number of aryl methyl sites for hydroxylation is 1. The molecule has 1 aliphatic carbocycles. The molecule has 2 aliphatic rings. The maximum atomic E-state index is 12.7. The highest BCUT2D eigenvalue weighted by Gasteiger charge is 2.45. The fourth-order valence-electron chi connectivity index (χ4n) is 5.38. The van der Waals surface area contributed by atoms with Crippen LogP contribution in [0.4, 0.5) is 23.3 Å². The standard InChI is InChI=1S/C27H28N8O/c1-34-26(30-20-8-4-18(5-9-20)22-12-15-29-25(28)31-22)32-24(33-34)19-6-10-21(11-7-19)35-17-27(16-23(35)36)13-2-3-14-27/h4-12,15H,2-3,13-14,16-17H2,1H3,(H2,28,29,31)(H,30,32,33). The van der Waals surface area contributed by atoms with Crippen molar-refractivity contribution < 1.29 is 4.79 Å². The number of hydrogen-bond donors (Lipinski definition) is 2. The number of nitrogens with zero attached hydrogens (tertiary/aromatic N) is 6. The summed E-state index contributed by atoms with van der Waals surface area (Å²) in [5.74, 6) is 1.74. The maximum absolute atomic E-state index is 12.7. The first kappa shape index (κ1) is 22.2. The van der Waals surface area contributed by atoms with Crippen LogP contribution in [-0.2, 0) is 11.8 Å². The molecule has 2 fully saturated rings. The van der Waals surface area contributed by atoms with E-state index in [0.717, 1.165) is 34.7 Å². The average molecular weight is 481 g/mol. The van der Waals surface area contributed by atoms with Crippen LogP contribution in [0.5, 0.6) is 0 Å². The van der Waals surface area contributed by atoms with E-state index >= 15 is 0 Å². The van der Waals surface area contributed by atoms with Crippen LogP contribution in [0.15, 0.2) is 60.8 Å². The molecular formula is C27H28N8O. The summed E-state index contributed by atoms with van der Waals surface area (Å²) in [5.41, 5.74) is 10.3. The van der Waals surface area contributed by atoms with Gasteiger partial charge in [-0.1, -0.05) is 25.0 Å². The zero-order chi connectivity index (χ0) is 24.7. The van der Waals surface area contributed by atoms with Crippen molar-refractivity contribution in [2.45, 2.75) is 32.1 Å². The molecule has 2 aromatic carbocycles. The fraction of sp³-hybridized carbons (Fsp3) is 0.296. The van der Waals surface area contributed by atoms with Gasteiger partial charge in [0.2, 0.25) is 17.8 Å². The summed E-state index contributed by atoms with van der Waals surface area (Å²) in [6.07, 6.45) is 7.14. The molecule has 3 heterocycles. The summed E-state index contributed by atoms with van der Waals surface area (Å²) in [5, 5.41) is 7.90. The second kappa shape index (κ2) is 8.75. The number of amides is 1. The van der Waals surface area contributed by atoms with Crippen molar-refractivity contribution >= 4 is 29.2 Å². The predicted octanol–water partition coefficient (Wildman–Crippen LogP) is 4.56. The van der Waals surface area contributed by atoms with Crippen LogP contribution in [0.2, 0.25) is 0 Å². The van der Waals surface area contributed by atoms with Crippen molar-refractivity contribution in [1.29, 1.82) is 0 Å². The molecule has 0 unspecified atom stereocenters. The molecule has 0 radical (unpaired) electrons. The summed E-state index contributed by atoms with van der Waals surface area (Å²) >= 11 is 0. The number of carbonyl (C=O) groups is 1. The number of carbonyl (C=O) groups excluding carboxylic acids is 1. The third kappa shape index (κ3) is 4.17. The van der Waals surface area contributed by atoms with Gasteiger partial charge < -0.3 is 16.0 Å². The maximum Gasteiger partial charge on any atom is 0.227 e. The molecule has 1 spiro atoms. The predicted molar refractivity (Wildman–Crippen MR) is 139 cm³/mol. The van der Waals surface area contributed by atoms with E-state index in [0.29, 0.717) is 18.2 Å². The zero-order valence-electron chi connectivity index (χ0n) is 20.2. The Morgan fingerprint density at radius 3 is 2.39 bits per heavy atom. The highest BCUT2D eigenvalue weighted by atomic mass is 16.2. The van der Waals surface area contributed by atoms with Gasteiger partial charge in [0.25, 0.3) is 0 Å². The quantitative estimate of drug-likeness (QED) is 0.430. The minimum atomic E-state index is 0.194. The number of rotatable bonds is 5. The highest BCUT2D eigenvalue weighted by molar-refractivity contribution is 5.96. The Hall–Kier alpha value is -4.27. The molecule has 6 rings (SSSR count). The molecule has 9 heteroatoms. The van der Waals surface area contributed by atoms with E-state index < -0.39 is 0 Å². The number of hydrogen-bond acceptors (Lipinski definition) is 7. The lowest BCUT2D eigenvalue weighted by Gasteiger charge is -2.23. The summed E-state index contributed by atoms with van der Waals surface area (Å²) < 4.78 is 1.72. The van der Waals surface area contributed by atoms with Crippen molar-refractivity contribution in [2.24, 2.45) is 12.5 Å². The van der Waals surface area contributed by atoms with Gasteiger partial charge in [-0.25, -0.2) is 14.6 Å². The van der Waals surface area contributed by atoms with Gasteiger partial charge in [0.15, 0.2) is 5.82 Å². The second-order valence-corrected chi connectivity index (χ2v) is 9.80. The molecule has 3 N–H and O–H groups in total. The van der Waals surface area contributed by atoms with Gasteiger partial charge in [0.1, 0.15) is 0 Å². The van der Waals surface area contributed by atoms with E-state index in [9.17, 15) is 4.79 Å². The Labute approximate surface area is 209 Å². The lowest BCUT2D eigenvalue weighted by molar-refractivity contribution is -0.117. The first-order valence-corrected chi connectivity index (χ1v) is 12.3. The van der Waals surface area contributed by atoms with Crippen LogP contribution in [-0.4, -0.2) is 37.2 Å². The molecule has 1 amide bonds. The van der Waals surface area contributed by atoms with E-state index in [1.165, 1.54) is 25.7 Å². The van der Waals surface area contributed by atoms with Crippen LogP contribution in [0.3, 0.4) is 0 Å². The average Bonchev–Trinajstić information content (AvgIpc) is 3.59. The van der Waals surface area contributed by atoms with Gasteiger partial charge in [-0.15, -0.1) is 5.10 Å². The molecule has 182 valence electrons. The molecule has 4 aromatic rings. The van der Waals surface area contributed by atoms with Crippen LogP contribution in [0.25, 0.3) is 22.6 Å². The van der Waals surface area contributed by atoms with E-state index in [1.807, 2.05) is 66.5 Å². The van der Waals surface area contributed by atoms with Gasteiger partial charge in [0.05, 0.1) is 5.69 Å². The van der Waals surface area contributed by atoms with E-state index in [-0.39, 0.29) is 17.3 Å². The molecule has 0 bridgehead atoms. The number of benzene rings is 2. The molecule has 1 saturated heterocycles. The van der Waals surface area contributed by atoms with Gasteiger partial charge in [-0.3, -0.25) is 4.79 Å². The Morgan fingerprint density at radius 1 is 0.944 bits per heavy atom. The molecular weight excluding hydrogens is 452 g/mol. The van der Waals surface area contributed by atoms with Crippen molar-refractivity contribution in [3.8, 4) is 22.6 Å². The minimum Gasteiger partial charge on any atom is -0.368 e.